The zero-order chi connectivity index (χ0) is 32.6. The van der Waals surface area contributed by atoms with E-state index in [1.165, 1.54) is 33.4 Å². The molecule has 0 aliphatic heterocycles. The molecule has 1 aliphatic rings. The summed E-state index contributed by atoms with van der Waals surface area (Å²) in [5.41, 5.74) is 13.9. The lowest BCUT2D eigenvalue weighted by Gasteiger charge is -2.33. The molecule has 0 N–H and O–H groups in total. The van der Waals surface area contributed by atoms with Gasteiger partial charge in [-0.05, 0) is 57.6 Å². The zero-order valence-electron chi connectivity index (χ0n) is 26.7. The molecule has 1 aliphatic carbocycles. The Morgan fingerprint density at radius 1 is 0.347 bits per heavy atom. The Balaban J connectivity index is 1.23. The lowest BCUT2D eigenvalue weighted by Crippen LogP contribution is -2.28. The van der Waals surface area contributed by atoms with Crippen molar-refractivity contribution in [2.24, 2.45) is 0 Å². The number of rotatable bonds is 6. The second-order valence-corrected chi connectivity index (χ2v) is 12.4. The van der Waals surface area contributed by atoms with Crippen LogP contribution in [0.3, 0.4) is 0 Å². The van der Waals surface area contributed by atoms with E-state index < -0.39 is 5.41 Å². The van der Waals surface area contributed by atoms with Gasteiger partial charge in [0.15, 0.2) is 5.82 Å². The van der Waals surface area contributed by atoms with Gasteiger partial charge in [0.05, 0.1) is 22.5 Å². The fraction of sp³-hybridized carbons (Fsp3) is 0.0217. The molecule has 0 atom stereocenters. The van der Waals surface area contributed by atoms with Gasteiger partial charge in [-0.15, -0.1) is 0 Å². The van der Waals surface area contributed by atoms with E-state index in [-0.39, 0.29) is 0 Å². The van der Waals surface area contributed by atoms with E-state index in [9.17, 15) is 0 Å². The van der Waals surface area contributed by atoms with Crippen LogP contribution in [-0.2, 0) is 5.41 Å². The van der Waals surface area contributed by atoms with Gasteiger partial charge in [0.1, 0.15) is 0 Å². The van der Waals surface area contributed by atoms with Crippen LogP contribution in [0.2, 0.25) is 0 Å². The fourth-order valence-electron chi connectivity index (χ4n) is 7.41. The standard InChI is InChI=1S/C46H31N3/c1-4-14-34(15-5-1)45-48-43(33-25-23-32(24-26-33)42-22-12-13-29-47-42)31-44(49-45)35-27-28-41-39(30-35)38-20-10-11-21-40(38)46(41,36-16-6-2-7-17-36)37-18-8-3-9-19-37/h1-31H. The Morgan fingerprint density at radius 3 is 1.53 bits per heavy atom. The molecule has 3 heteroatoms. The second kappa shape index (κ2) is 12.0. The third kappa shape index (κ3) is 4.87. The van der Waals surface area contributed by atoms with Crippen LogP contribution >= 0.6 is 0 Å². The van der Waals surface area contributed by atoms with Gasteiger partial charge in [-0.1, -0.05) is 158 Å². The van der Waals surface area contributed by atoms with Crippen LogP contribution < -0.4 is 0 Å². The molecule has 9 rings (SSSR count). The molecule has 2 aromatic heterocycles. The van der Waals surface area contributed by atoms with E-state index in [1.54, 1.807) is 0 Å². The fourth-order valence-corrected chi connectivity index (χ4v) is 7.41. The maximum absolute atomic E-state index is 5.18. The maximum Gasteiger partial charge on any atom is 0.160 e. The van der Waals surface area contributed by atoms with E-state index >= 15 is 0 Å². The number of pyridine rings is 1. The highest BCUT2D eigenvalue weighted by Gasteiger charge is 2.45. The van der Waals surface area contributed by atoms with Crippen molar-refractivity contribution in [1.82, 2.24) is 15.0 Å². The number of hydrogen-bond donors (Lipinski definition) is 0. The van der Waals surface area contributed by atoms with Gasteiger partial charge in [-0.3, -0.25) is 4.98 Å². The predicted molar refractivity (Wildman–Crippen MR) is 199 cm³/mol. The minimum absolute atomic E-state index is 0.436. The molecule has 2 heterocycles. The maximum atomic E-state index is 5.18. The first kappa shape index (κ1) is 28.7. The van der Waals surface area contributed by atoms with Crippen LogP contribution in [0.25, 0.3) is 56.3 Å². The van der Waals surface area contributed by atoms with Crippen molar-refractivity contribution in [1.29, 1.82) is 0 Å². The van der Waals surface area contributed by atoms with Crippen molar-refractivity contribution >= 4 is 0 Å². The molecular formula is C46H31N3. The number of nitrogens with zero attached hydrogens (tertiary/aromatic N) is 3. The number of benzene rings is 6. The highest BCUT2D eigenvalue weighted by Crippen LogP contribution is 2.56. The van der Waals surface area contributed by atoms with E-state index in [1.807, 2.05) is 42.6 Å². The first-order valence-electron chi connectivity index (χ1n) is 16.6. The Kier molecular flexibility index (Phi) is 7.02. The molecule has 0 unspecified atom stereocenters. The third-order valence-corrected chi connectivity index (χ3v) is 9.65. The number of aromatic nitrogens is 3. The Labute approximate surface area is 286 Å². The van der Waals surface area contributed by atoms with Crippen molar-refractivity contribution in [3.05, 3.63) is 210 Å². The van der Waals surface area contributed by atoms with Crippen LogP contribution in [0.5, 0.6) is 0 Å². The Hall–Kier alpha value is -6.45. The molecule has 230 valence electrons. The van der Waals surface area contributed by atoms with E-state index in [2.05, 4.69) is 151 Å². The summed E-state index contributed by atoms with van der Waals surface area (Å²) in [6.45, 7) is 0. The molecule has 49 heavy (non-hydrogen) atoms. The molecule has 0 amide bonds. The van der Waals surface area contributed by atoms with Crippen LogP contribution in [-0.4, -0.2) is 15.0 Å². The van der Waals surface area contributed by atoms with Crippen LogP contribution in [0.15, 0.2) is 188 Å². The molecule has 0 saturated heterocycles. The van der Waals surface area contributed by atoms with E-state index in [0.717, 1.165) is 39.3 Å². The average molecular weight is 626 g/mol. The SMILES string of the molecule is c1ccc(-c2nc(-c3ccc(-c4ccccn4)cc3)cc(-c3ccc4c(c3)-c3ccccc3C4(c3ccccc3)c3ccccc3)n2)cc1. The highest BCUT2D eigenvalue weighted by atomic mass is 14.9. The van der Waals surface area contributed by atoms with Gasteiger partial charge < -0.3 is 0 Å². The molecule has 0 spiro atoms. The zero-order valence-corrected chi connectivity index (χ0v) is 26.7. The van der Waals surface area contributed by atoms with E-state index in [4.69, 9.17) is 9.97 Å². The second-order valence-electron chi connectivity index (χ2n) is 12.4. The van der Waals surface area contributed by atoms with E-state index in [0.29, 0.717) is 5.82 Å². The summed E-state index contributed by atoms with van der Waals surface area (Å²) in [6.07, 6.45) is 1.82. The predicted octanol–water partition coefficient (Wildman–Crippen LogP) is 10.9. The molecule has 0 radical (unpaired) electrons. The van der Waals surface area contributed by atoms with Crippen molar-refractivity contribution in [2.45, 2.75) is 5.41 Å². The summed E-state index contributed by atoms with van der Waals surface area (Å²) in [5.74, 6) is 0.700. The van der Waals surface area contributed by atoms with Crippen molar-refractivity contribution in [3.8, 4) is 56.3 Å². The summed E-state index contributed by atoms with van der Waals surface area (Å²) in [6, 6.07) is 64.3. The van der Waals surface area contributed by atoms with Crippen LogP contribution in [0, 0.1) is 0 Å². The number of fused-ring (bicyclic) bond motifs is 3. The van der Waals surface area contributed by atoms with Gasteiger partial charge in [-0.2, -0.15) is 0 Å². The van der Waals surface area contributed by atoms with Gasteiger partial charge in [0, 0.05) is 28.5 Å². The van der Waals surface area contributed by atoms with Crippen molar-refractivity contribution in [3.63, 3.8) is 0 Å². The molecular weight excluding hydrogens is 595 g/mol. The van der Waals surface area contributed by atoms with Gasteiger partial charge in [0.2, 0.25) is 0 Å². The molecule has 0 saturated carbocycles. The monoisotopic (exact) mass is 625 g/mol. The number of hydrogen-bond acceptors (Lipinski definition) is 3. The highest BCUT2D eigenvalue weighted by molar-refractivity contribution is 5.89. The molecule has 0 fully saturated rings. The van der Waals surface area contributed by atoms with Crippen molar-refractivity contribution in [2.75, 3.05) is 0 Å². The van der Waals surface area contributed by atoms with Crippen LogP contribution in [0.1, 0.15) is 22.3 Å². The average Bonchev–Trinajstić information content (AvgIpc) is 3.49. The van der Waals surface area contributed by atoms with Crippen molar-refractivity contribution < 1.29 is 0 Å². The van der Waals surface area contributed by atoms with Gasteiger partial charge >= 0.3 is 0 Å². The topological polar surface area (TPSA) is 38.7 Å². The van der Waals surface area contributed by atoms with Gasteiger partial charge in [-0.25, -0.2) is 9.97 Å². The quantitative estimate of drug-likeness (QED) is 0.185. The van der Waals surface area contributed by atoms with Gasteiger partial charge in [0.25, 0.3) is 0 Å². The Bertz CT molecular complexity index is 2370. The summed E-state index contributed by atoms with van der Waals surface area (Å²) in [5, 5.41) is 0. The summed E-state index contributed by atoms with van der Waals surface area (Å²) in [4.78, 5) is 14.8. The first-order chi connectivity index (χ1) is 24.3. The largest absolute Gasteiger partial charge is 0.256 e. The molecule has 6 aromatic carbocycles. The minimum atomic E-state index is -0.436. The molecule has 8 aromatic rings. The normalized spacial score (nSPS) is 12.7. The first-order valence-corrected chi connectivity index (χ1v) is 16.6. The third-order valence-electron chi connectivity index (χ3n) is 9.65. The Morgan fingerprint density at radius 2 is 0.878 bits per heavy atom. The molecule has 0 bridgehead atoms. The molecule has 3 nitrogen and oxygen atoms in total. The summed E-state index contributed by atoms with van der Waals surface area (Å²) < 4.78 is 0. The smallest absolute Gasteiger partial charge is 0.160 e. The summed E-state index contributed by atoms with van der Waals surface area (Å²) >= 11 is 0. The lowest BCUT2D eigenvalue weighted by molar-refractivity contribution is 0.768. The van der Waals surface area contributed by atoms with Crippen LogP contribution in [0.4, 0.5) is 0 Å². The minimum Gasteiger partial charge on any atom is -0.256 e. The summed E-state index contributed by atoms with van der Waals surface area (Å²) in [7, 11) is 0. The lowest BCUT2D eigenvalue weighted by atomic mass is 9.67.